The van der Waals surface area contributed by atoms with E-state index in [-0.39, 0.29) is 36.2 Å². The lowest BCUT2D eigenvalue weighted by Gasteiger charge is -1.93. The molecule has 106 valence electrons. The van der Waals surface area contributed by atoms with Crippen molar-refractivity contribution in [3.05, 3.63) is 41.9 Å². The second-order valence-corrected chi connectivity index (χ2v) is 4.58. The summed E-state index contributed by atoms with van der Waals surface area (Å²) in [5, 5.41) is 7.33. The number of H-pyrrole nitrogens is 1. The Morgan fingerprint density at radius 1 is 1.24 bits per heavy atom. The average Bonchev–Trinajstić information content (AvgIpc) is 3.11. The van der Waals surface area contributed by atoms with Gasteiger partial charge in [-0.2, -0.15) is 0 Å². The second-order valence-electron chi connectivity index (χ2n) is 4.58. The van der Waals surface area contributed by atoms with Gasteiger partial charge in [0.15, 0.2) is 11.6 Å². The maximum absolute atomic E-state index is 12.1. The number of ketones is 2. The van der Waals surface area contributed by atoms with E-state index in [4.69, 9.17) is 4.42 Å². The Bertz CT molecular complexity index is 785. The SMILES string of the molecule is CC(=O)c1nnc(CCC(=O)c2nc3ccccc3[nH]2)o1. The first kappa shape index (κ1) is 13.2. The number of aromatic nitrogens is 4. The van der Waals surface area contributed by atoms with Crippen LogP contribution in [-0.2, 0) is 6.42 Å². The predicted octanol–water partition coefficient (Wildman–Crippen LogP) is 1.96. The van der Waals surface area contributed by atoms with E-state index in [2.05, 4.69) is 20.2 Å². The number of nitrogens with one attached hydrogen (secondary N) is 1. The van der Waals surface area contributed by atoms with E-state index in [0.717, 1.165) is 11.0 Å². The number of carbonyl (C=O) groups is 2. The largest absolute Gasteiger partial charge is 0.418 e. The molecule has 0 aliphatic carbocycles. The Hall–Kier alpha value is -2.83. The Kier molecular flexibility index (Phi) is 3.31. The van der Waals surface area contributed by atoms with Gasteiger partial charge >= 0.3 is 0 Å². The minimum absolute atomic E-state index is 0.0406. The average molecular weight is 284 g/mol. The van der Waals surface area contributed by atoms with Crippen LogP contribution in [0.1, 0.15) is 40.5 Å². The molecule has 0 amide bonds. The fraction of sp³-hybridized carbons (Fsp3) is 0.214. The molecule has 1 N–H and O–H groups in total. The van der Waals surface area contributed by atoms with Crippen molar-refractivity contribution in [2.24, 2.45) is 0 Å². The van der Waals surface area contributed by atoms with Gasteiger partial charge in [-0.3, -0.25) is 9.59 Å². The lowest BCUT2D eigenvalue weighted by molar-refractivity contribution is 0.0971. The number of aryl methyl sites for hydroxylation is 1. The summed E-state index contributed by atoms with van der Waals surface area (Å²) in [6.45, 7) is 1.34. The van der Waals surface area contributed by atoms with E-state index in [1.165, 1.54) is 6.92 Å². The van der Waals surface area contributed by atoms with Gasteiger partial charge in [0.1, 0.15) is 0 Å². The minimum atomic E-state index is -0.294. The molecule has 1 aromatic carbocycles. The first-order chi connectivity index (χ1) is 10.1. The summed E-state index contributed by atoms with van der Waals surface area (Å²) in [6, 6.07) is 7.42. The quantitative estimate of drug-likeness (QED) is 0.718. The lowest BCUT2D eigenvalue weighted by atomic mass is 10.2. The van der Waals surface area contributed by atoms with Gasteiger partial charge in [-0.1, -0.05) is 12.1 Å². The molecule has 0 unspecified atom stereocenters. The zero-order chi connectivity index (χ0) is 14.8. The highest BCUT2D eigenvalue weighted by Crippen LogP contribution is 2.12. The maximum atomic E-state index is 12.1. The van der Waals surface area contributed by atoms with Crippen molar-refractivity contribution in [1.29, 1.82) is 0 Å². The Balaban J connectivity index is 1.69. The second kappa shape index (κ2) is 5.28. The molecule has 7 heteroatoms. The molecule has 3 aromatic rings. The van der Waals surface area contributed by atoms with Crippen LogP contribution in [-0.4, -0.2) is 31.7 Å². The van der Waals surface area contributed by atoms with Gasteiger partial charge in [-0.05, 0) is 12.1 Å². The topological polar surface area (TPSA) is 102 Å². The summed E-state index contributed by atoms with van der Waals surface area (Å²) in [7, 11) is 0. The van der Waals surface area contributed by atoms with Crippen molar-refractivity contribution in [1.82, 2.24) is 20.2 Å². The summed E-state index contributed by atoms with van der Waals surface area (Å²) >= 11 is 0. The fourth-order valence-electron chi connectivity index (χ4n) is 1.92. The summed E-state index contributed by atoms with van der Waals surface area (Å²) in [4.78, 5) is 30.3. The number of benzene rings is 1. The molecule has 0 radical (unpaired) electrons. The molecule has 0 saturated carbocycles. The van der Waals surface area contributed by atoms with Crippen LogP contribution in [0.4, 0.5) is 0 Å². The number of imidazole rings is 1. The third-order valence-electron chi connectivity index (χ3n) is 2.99. The van der Waals surface area contributed by atoms with Crippen LogP contribution in [0.25, 0.3) is 11.0 Å². The molecule has 0 fully saturated rings. The van der Waals surface area contributed by atoms with Crippen LogP contribution in [0.3, 0.4) is 0 Å². The van der Waals surface area contributed by atoms with E-state index in [0.29, 0.717) is 5.82 Å². The number of rotatable bonds is 5. The molecule has 0 atom stereocenters. The van der Waals surface area contributed by atoms with Crippen molar-refractivity contribution in [2.45, 2.75) is 19.8 Å². The molecule has 21 heavy (non-hydrogen) atoms. The third-order valence-corrected chi connectivity index (χ3v) is 2.99. The summed E-state index contributed by atoms with van der Waals surface area (Å²) in [5.74, 6) is 0.0967. The summed E-state index contributed by atoms with van der Waals surface area (Å²) in [6.07, 6.45) is 0.454. The summed E-state index contributed by atoms with van der Waals surface area (Å²) < 4.78 is 5.14. The van der Waals surface area contributed by atoms with E-state index in [1.54, 1.807) is 0 Å². The summed E-state index contributed by atoms with van der Waals surface area (Å²) in [5.41, 5.74) is 1.56. The number of aromatic amines is 1. The van der Waals surface area contributed by atoms with Crippen LogP contribution in [0.5, 0.6) is 0 Å². The van der Waals surface area contributed by atoms with Crippen molar-refractivity contribution in [3.63, 3.8) is 0 Å². The molecule has 0 aliphatic heterocycles. The van der Waals surface area contributed by atoms with Crippen LogP contribution in [0.15, 0.2) is 28.7 Å². The van der Waals surface area contributed by atoms with Gasteiger partial charge in [0.25, 0.3) is 5.89 Å². The van der Waals surface area contributed by atoms with E-state index >= 15 is 0 Å². The molecular formula is C14H12N4O3. The molecule has 0 aliphatic rings. The van der Waals surface area contributed by atoms with Crippen molar-refractivity contribution < 1.29 is 14.0 Å². The van der Waals surface area contributed by atoms with Gasteiger partial charge in [-0.25, -0.2) is 4.98 Å². The van der Waals surface area contributed by atoms with E-state index in [1.807, 2.05) is 24.3 Å². The van der Waals surface area contributed by atoms with Gasteiger partial charge in [0, 0.05) is 19.8 Å². The van der Waals surface area contributed by atoms with Crippen LogP contribution in [0, 0.1) is 0 Å². The van der Waals surface area contributed by atoms with Crippen molar-refractivity contribution >= 4 is 22.6 Å². The van der Waals surface area contributed by atoms with Gasteiger partial charge in [0.2, 0.25) is 11.7 Å². The lowest BCUT2D eigenvalue weighted by Crippen LogP contribution is -2.03. The van der Waals surface area contributed by atoms with Crippen LogP contribution >= 0.6 is 0 Å². The molecule has 2 heterocycles. The smallest absolute Gasteiger partial charge is 0.283 e. The first-order valence-corrected chi connectivity index (χ1v) is 6.45. The van der Waals surface area contributed by atoms with Crippen LogP contribution < -0.4 is 0 Å². The molecule has 7 nitrogen and oxygen atoms in total. The number of hydrogen-bond acceptors (Lipinski definition) is 6. The number of nitrogens with zero attached hydrogens (tertiary/aromatic N) is 3. The van der Waals surface area contributed by atoms with Gasteiger partial charge in [0.05, 0.1) is 11.0 Å². The highest BCUT2D eigenvalue weighted by atomic mass is 16.4. The molecule has 0 saturated heterocycles. The Morgan fingerprint density at radius 2 is 2.05 bits per heavy atom. The highest BCUT2D eigenvalue weighted by molar-refractivity contribution is 5.95. The molecular weight excluding hydrogens is 272 g/mol. The number of fused-ring (bicyclic) bond motifs is 1. The Labute approximate surface area is 119 Å². The monoisotopic (exact) mass is 284 g/mol. The number of Topliss-reactive ketones (excluding diaryl/α,β-unsaturated/α-hetero) is 2. The zero-order valence-electron chi connectivity index (χ0n) is 11.3. The number of hydrogen-bond donors (Lipinski definition) is 1. The standard InChI is InChI=1S/C14H12N4O3/c1-8(19)14-18-17-12(21-14)7-6-11(20)13-15-9-4-2-3-5-10(9)16-13/h2-5H,6-7H2,1H3,(H,15,16). The van der Waals surface area contributed by atoms with Gasteiger partial charge < -0.3 is 9.40 Å². The molecule has 3 rings (SSSR count). The van der Waals surface area contributed by atoms with Crippen molar-refractivity contribution in [3.8, 4) is 0 Å². The van der Waals surface area contributed by atoms with E-state index < -0.39 is 0 Å². The van der Waals surface area contributed by atoms with E-state index in [9.17, 15) is 9.59 Å². The van der Waals surface area contributed by atoms with Crippen molar-refractivity contribution in [2.75, 3.05) is 0 Å². The molecule has 2 aromatic heterocycles. The number of carbonyl (C=O) groups excluding carboxylic acids is 2. The fourth-order valence-corrected chi connectivity index (χ4v) is 1.92. The first-order valence-electron chi connectivity index (χ1n) is 6.45. The predicted molar refractivity (Wildman–Crippen MR) is 73.0 cm³/mol. The highest BCUT2D eigenvalue weighted by Gasteiger charge is 2.15. The number of para-hydroxylation sites is 2. The van der Waals surface area contributed by atoms with Crippen LogP contribution in [0.2, 0.25) is 0 Å². The third kappa shape index (κ3) is 2.71. The molecule has 0 spiro atoms. The van der Waals surface area contributed by atoms with Gasteiger partial charge in [-0.15, -0.1) is 10.2 Å². The minimum Gasteiger partial charge on any atom is -0.418 e. The Morgan fingerprint density at radius 3 is 2.76 bits per heavy atom. The zero-order valence-corrected chi connectivity index (χ0v) is 11.3. The normalized spacial score (nSPS) is 10.9. The molecule has 0 bridgehead atoms. The maximum Gasteiger partial charge on any atom is 0.283 e.